The van der Waals surface area contributed by atoms with Gasteiger partial charge in [0.15, 0.2) is 0 Å². The van der Waals surface area contributed by atoms with E-state index in [1.165, 1.54) is 0 Å². The third-order valence-electron chi connectivity index (χ3n) is 2.70. The number of nitrogens with zero attached hydrogens (tertiary/aromatic N) is 3. The van der Waals surface area contributed by atoms with E-state index in [0.717, 1.165) is 27.9 Å². The molecule has 0 aliphatic carbocycles. The first-order valence-corrected chi connectivity index (χ1v) is 5.47. The van der Waals surface area contributed by atoms with Crippen molar-refractivity contribution in [2.45, 2.75) is 6.92 Å². The second kappa shape index (κ2) is 3.94. The lowest BCUT2D eigenvalue weighted by molar-refractivity contribution is 1.19. The van der Waals surface area contributed by atoms with E-state index in [0.29, 0.717) is 0 Å². The number of hydrogen-bond donors (Lipinski definition) is 0. The molecule has 3 rings (SSSR count). The topological polar surface area (TPSA) is 38.7 Å². The summed E-state index contributed by atoms with van der Waals surface area (Å²) in [5.41, 5.74) is 3.96. The molecule has 3 heteroatoms. The van der Waals surface area contributed by atoms with E-state index in [2.05, 4.69) is 15.0 Å². The van der Waals surface area contributed by atoms with E-state index in [9.17, 15) is 0 Å². The molecule has 82 valence electrons. The van der Waals surface area contributed by atoms with Crippen LogP contribution in [-0.4, -0.2) is 15.0 Å². The number of pyridine rings is 1. The number of aryl methyl sites for hydroxylation is 1. The van der Waals surface area contributed by atoms with Crippen molar-refractivity contribution in [2.75, 3.05) is 0 Å². The van der Waals surface area contributed by atoms with Gasteiger partial charge in [0.05, 0.1) is 11.2 Å². The number of hydrogen-bond acceptors (Lipinski definition) is 3. The van der Waals surface area contributed by atoms with Crippen LogP contribution in [0.4, 0.5) is 0 Å². The molecule has 0 radical (unpaired) electrons. The van der Waals surface area contributed by atoms with E-state index >= 15 is 0 Å². The fourth-order valence-corrected chi connectivity index (χ4v) is 1.91. The third-order valence-corrected chi connectivity index (χ3v) is 2.70. The predicted molar refractivity (Wildman–Crippen MR) is 67.5 cm³/mol. The fourth-order valence-electron chi connectivity index (χ4n) is 1.91. The maximum Gasteiger partial charge on any atom is 0.116 e. The van der Waals surface area contributed by atoms with Crippen LogP contribution >= 0.6 is 0 Å². The van der Waals surface area contributed by atoms with E-state index < -0.39 is 0 Å². The fraction of sp³-hybridized carbons (Fsp3) is 0.0714. The second-order valence-corrected chi connectivity index (χ2v) is 3.93. The molecule has 0 fully saturated rings. The van der Waals surface area contributed by atoms with Crippen molar-refractivity contribution in [1.82, 2.24) is 15.0 Å². The van der Waals surface area contributed by atoms with Crippen LogP contribution in [0.15, 0.2) is 48.9 Å². The summed E-state index contributed by atoms with van der Waals surface area (Å²) < 4.78 is 0. The normalized spacial score (nSPS) is 10.6. The Kier molecular flexibility index (Phi) is 2.29. The van der Waals surface area contributed by atoms with Crippen molar-refractivity contribution >= 4 is 10.9 Å². The van der Waals surface area contributed by atoms with Gasteiger partial charge >= 0.3 is 0 Å². The van der Waals surface area contributed by atoms with Crippen LogP contribution in [0.1, 0.15) is 5.69 Å². The highest BCUT2D eigenvalue weighted by molar-refractivity contribution is 5.91. The average Bonchev–Trinajstić information content (AvgIpc) is 2.38. The number of benzene rings is 1. The maximum atomic E-state index is 4.53. The van der Waals surface area contributed by atoms with E-state index in [4.69, 9.17) is 0 Å². The summed E-state index contributed by atoms with van der Waals surface area (Å²) >= 11 is 0. The second-order valence-electron chi connectivity index (χ2n) is 3.93. The number of fused-ring (bicyclic) bond motifs is 1. The van der Waals surface area contributed by atoms with Gasteiger partial charge in [0, 0.05) is 22.8 Å². The Hall–Kier alpha value is -2.29. The lowest BCUT2D eigenvalue weighted by Crippen LogP contribution is -1.89. The maximum absolute atomic E-state index is 4.53. The van der Waals surface area contributed by atoms with Crippen molar-refractivity contribution in [3.63, 3.8) is 0 Å². The Labute approximate surface area is 99.2 Å². The minimum absolute atomic E-state index is 0.945. The zero-order chi connectivity index (χ0) is 11.7. The molecule has 0 aliphatic heterocycles. The van der Waals surface area contributed by atoms with Gasteiger partial charge < -0.3 is 0 Å². The minimum atomic E-state index is 0.945. The van der Waals surface area contributed by atoms with Crippen molar-refractivity contribution < 1.29 is 0 Å². The summed E-state index contributed by atoms with van der Waals surface area (Å²) in [5.74, 6) is 0. The Morgan fingerprint density at radius 3 is 2.76 bits per heavy atom. The van der Waals surface area contributed by atoms with Gasteiger partial charge in [0.2, 0.25) is 0 Å². The molecule has 0 aliphatic rings. The van der Waals surface area contributed by atoms with Gasteiger partial charge in [-0.2, -0.15) is 0 Å². The molecule has 3 nitrogen and oxygen atoms in total. The van der Waals surface area contributed by atoms with Gasteiger partial charge in [-0.15, -0.1) is 0 Å². The molecule has 0 unspecified atom stereocenters. The largest absolute Gasteiger partial charge is 0.253 e. The molecule has 2 heterocycles. The van der Waals surface area contributed by atoms with Gasteiger partial charge in [-0.25, -0.2) is 9.97 Å². The monoisotopic (exact) mass is 221 g/mol. The molecule has 0 atom stereocenters. The molecule has 0 saturated heterocycles. The van der Waals surface area contributed by atoms with Crippen molar-refractivity contribution in [1.29, 1.82) is 0 Å². The lowest BCUT2D eigenvalue weighted by Gasteiger charge is -2.05. The summed E-state index contributed by atoms with van der Waals surface area (Å²) in [5, 5.41) is 1.04. The van der Waals surface area contributed by atoms with Crippen LogP contribution in [0.3, 0.4) is 0 Å². The molecule has 1 aromatic carbocycles. The smallest absolute Gasteiger partial charge is 0.116 e. The highest BCUT2D eigenvalue weighted by atomic mass is 14.8. The van der Waals surface area contributed by atoms with Crippen LogP contribution in [0.25, 0.3) is 22.2 Å². The standard InChI is InChI=1S/C14H11N3/c1-10-4-2-7-13(17-10)12-6-3-5-11-8-15-9-16-14(11)12/h2-9H,1H3. The van der Waals surface area contributed by atoms with Crippen LogP contribution < -0.4 is 0 Å². The lowest BCUT2D eigenvalue weighted by atomic mass is 10.1. The molecule has 2 aromatic heterocycles. The Balaban J connectivity index is 2.30. The van der Waals surface area contributed by atoms with E-state index in [1.807, 2.05) is 49.5 Å². The van der Waals surface area contributed by atoms with E-state index in [1.54, 1.807) is 6.33 Å². The first kappa shape index (κ1) is 9.90. The number of para-hydroxylation sites is 1. The van der Waals surface area contributed by atoms with Gasteiger partial charge in [-0.1, -0.05) is 24.3 Å². The molecule has 17 heavy (non-hydrogen) atoms. The Bertz CT molecular complexity index is 672. The van der Waals surface area contributed by atoms with Crippen LogP contribution in [0, 0.1) is 6.92 Å². The molecule has 0 N–H and O–H groups in total. The van der Waals surface area contributed by atoms with Gasteiger partial charge in [-0.05, 0) is 19.1 Å². The summed E-state index contributed by atoms with van der Waals surface area (Å²) in [4.78, 5) is 12.9. The van der Waals surface area contributed by atoms with Crippen LogP contribution in [-0.2, 0) is 0 Å². The number of aromatic nitrogens is 3. The molecule has 0 spiro atoms. The van der Waals surface area contributed by atoms with Gasteiger partial charge in [-0.3, -0.25) is 4.98 Å². The molecule has 0 bridgehead atoms. The van der Waals surface area contributed by atoms with Crippen molar-refractivity contribution in [2.24, 2.45) is 0 Å². The van der Waals surface area contributed by atoms with Crippen LogP contribution in [0.2, 0.25) is 0 Å². The molecule has 3 aromatic rings. The van der Waals surface area contributed by atoms with Crippen molar-refractivity contribution in [3.8, 4) is 11.3 Å². The first-order valence-electron chi connectivity index (χ1n) is 5.47. The Morgan fingerprint density at radius 2 is 1.88 bits per heavy atom. The van der Waals surface area contributed by atoms with Crippen LogP contribution in [0.5, 0.6) is 0 Å². The molecular formula is C14H11N3. The quantitative estimate of drug-likeness (QED) is 0.634. The first-order chi connectivity index (χ1) is 8.34. The molecule has 0 saturated carbocycles. The van der Waals surface area contributed by atoms with Crippen molar-refractivity contribution in [3.05, 3.63) is 54.6 Å². The SMILES string of the molecule is Cc1cccc(-c2cccc3cncnc23)n1. The van der Waals surface area contributed by atoms with Gasteiger partial charge in [0.1, 0.15) is 6.33 Å². The third kappa shape index (κ3) is 1.76. The number of rotatable bonds is 1. The van der Waals surface area contributed by atoms with Gasteiger partial charge in [0.25, 0.3) is 0 Å². The highest BCUT2D eigenvalue weighted by Gasteiger charge is 2.05. The molecule has 0 amide bonds. The Morgan fingerprint density at radius 1 is 1.00 bits per heavy atom. The summed E-state index contributed by atoms with van der Waals surface area (Å²) in [7, 11) is 0. The zero-order valence-corrected chi connectivity index (χ0v) is 9.46. The predicted octanol–water partition coefficient (Wildman–Crippen LogP) is 3.00. The summed E-state index contributed by atoms with van der Waals surface area (Å²) in [6.07, 6.45) is 3.39. The zero-order valence-electron chi connectivity index (χ0n) is 9.46. The minimum Gasteiger partial charge on any atom is -0.253 e. The summed E-state index contributed by atoms with van der Waals surface area (Å²) in [6, 6.07) is 12.1. The average molecular weight is 221 g/mol. The molecular weight excluding hydrogens is 210 g/mol. The summed E-state index contributed by atoms with van der Waals surface area (Å²) in [6.45, 7) is 1.99. The highest BCUT2D eigenvalue weighted by Crippen LogP contribution is 2.24. The van der Waals surface area contributed by atoms with E-state index in [-0.39, 0.29) is 0 Å².